The predicted octanol–water partition coefficient (Wildman–Crippen LogP) is 7.43. The first kappa shape index (κ1) is 22.4. The Morgan fingerprint density at radius 2 is 1.60 bits per heavy atom. The summed E-state index contributed by atoms with van der Waals surface area (Å²) in [6.45, 7) is 4.80. The molecule has 158 valence electrons. The zero-order chi connectivity index (χ0) is 21.7. The van der Waals surface area contributed by atoms with Crippen molar-refractivity contribution in [2.24, 2.45) is 0 Å². The van der Waals surface area contributed by atoms with Crippen molar-refractivity contribution in [2.75, 3.05) is 13.7 Å². The van der Waals surface area contributed by atoms with E-state index in [4.69, 9.17) is 37.4 Å². The zero-order valence-corrected chi connectivity index (χ0v) is 18.6. The molecule has 0 unspecified atom stereocenters. The Morgan fingerprint density at radius 3 is 2.23 bits per heavy atom. The number of benzene rings is 3. The number of rotatable bonds is 8. The Morgan fingerprint density at radius 1 is 0.933 bits per heavy atom. The second-order valence-electron chi connectivity index (χ2n) is 7.53. The lowest BCUT2D eigenvalue weighted by Gasteiger charge is -2.26. The smallest absolute Gasteiger partial charge is 0.165 e. The van der Waals surface area contributed by atoms with Gasteiger partial charge in [-0.2, -0.15) is 0 Å². The number of ether oxygens (including phenoxy) is 3. The normalized spacial score (nSPS) is 11.4. The van der Waals surface area contributed by atoms with Crippen LogP contribution in [0.5, 0.6) is 17.2 Å². The summed E-state index contributed by atoms with van der Waals surface area (Å²) in [4.78, 5) is 0. The molecular formula is C24H23Cl2FO3. The summed E-state index contributed by atoms with van der Waals surface area (Å²) in [5.41, 5.74) is 1.40. The van der Waals surface area contributed by atoms with Gasteiger partial charge in [-0.1, -0.05) is 61.3 Å². The highest BCUT2D eigenvalue weighted by Crippen LogP contribution is 2.38. The molecule has 0 aromatic heterocycles. The minimum atomic E-state index is -0.426. The Balaban J connectivity index is 1.66. The maximum atomic E-state index is 14.1. The third-order valence-electron chi connectivity index (χ3n) is 4.68. The van der Waals surface area contributed by atoms with Crippen LogP contribution in [0.25, 0.3) is 0 Å². The SMILES string of the molecule is COc1c(Cl)cc(C(C)(C)COCc2ccc(F)c(Oc3ccccc3)c2)cc1Cl. The van der Waals surface area contributed by atoms with Gasteiger partial charge in [0.1, 0.15) is 5.75 Å². The monoisotopic (exact) mass is 448 g/mol. The van der Waals surface area contributed by atoms with Crippen LogP contribution in [0, 0.1) is 5.82 Å². The second kappa shape index (κ2) is 9.69. The van der Waals surface area contributed by atoms with Gasteiger partial charge in [0.25, 0.3) is 0 Å². The van der Waals surface area contributed by atoms with E-state index in [9.17, 15) is 4.39 Å². The molecule has 6 heteroatoms. The predicted molar refractivity (Wildman–Crippen MR) is 119 cm³/mol. The van der Waals surface area contributed by atoms with Crippen LogP contribution in [-0.2, 0) is 16.8 Å². The van der Waals surface area contributed by atoms with Crippen LogP contribution >= 0.6 is 23.2 Å². The quantitative estimate of drug-likeness (QED) is 0.358. The number of halogens is 3. The van der Waals surface area contributed by atoms with Crippen LogP contribution in [0.2, 0.25) is 10.0 Å². The summed E-state index contributed by atoms with van der Waals surface area (Å²) in [6, 6.07) is 17.5. The second-order valence-corrected chi connectivity index (χ2v) is 8.34. The van der Waals surface area contributed by atoms with E-state index in [1.165, 1.54) is 13.2 Å². The standard InChI is InChI=1S/C24H23Cl2FO3/c1-24(2,17-12-19(25)23(28-3)20(26)13-17)15-29-14-16-9-10-21(27)22(11-16)30-18-7-5-4-6-8-18/h4-13H,14-15H2,1-3H3. The molecule has 3 nitrogen and oxygen atoms in total. The largest absolute Gasteiger partial charge is 0.494 e. The first-order valence-electron chi connectivity index (χ1n) is 9.43. The average Bonchev–Trinajstić information content (AvgIpc) is 2.71. The summed E-state index contributed by atoms with van der Waals surface area (Å²) in [5, 5.41) is 0.906. The summed E-state index contributed by atoms with van der Waals surface area (Å²) < 4.78 is 30.9. The topological polar surface area (TPSA) is 27.7 Å². The summed E-state index contributed by atoms with van der Waals surface area (Å²) in [7, 11) is 1.53. The van der Waals surface area contributed by atoms with Gasteiger partial charge in [0.15, 0.2) is 17.3 Å². The summed E-state index contributed by atoms with van der Waals surface area (Å²) in [6.07, 6.45) is 0. The molecular weight excluding hydrogens is 426 g/mol. The third-order valence-corrected chi connectivity index (χ3v) is 5.24. The molecule has 0 aliphatic rings. The fourth-order valence-corrected chi connectivity index (χ4v) is 3.63. The van der Waals surface area contributed by atoms with E-state index >= 15 is 0 Å². The molecule has 0 aliphatic carbocycles. The van der Waals surface area contributed by atoms with Gasteiger partial charge in [-0.25, -0.2) is 4.39 Å². The van der Waals surface area contributed by atoms with Gasteiger partial charge in [-0.3, -0.25) is 0 Å². The number of para-hydroxylation sites is 1. The van der Waals surface area contributed by atoms with E-state index in [0.29, 0.717) is 34.8 Å². The van der Waals surface area contributed by atoms with Crippen LogP contribution in [0.1, 0.15) is 25.0 Å². The van der Waals surface area contributed by atoms with Crippen LogP contribution < -0.4 is 9.47 Å². The number of methoxy groups -OCH3 is 1. The van der Waals surface area contributed by atoms with E-state index in [-0.39, 0.29) is 11.2 Å². The lowest BCUT2D eigenvalue weighted by Crippen LogP contribution is -2.24. The zero-order valence-electron chi connectivity index (χ0n) is 17.0. The van der Waals surface area contributed by atoms with Gasteiger partial charge < -0.3 is 14.2 Å². The van der Waals surface area contributed by atoms with E-state index in [1.54, 1.807) is 24.3 Å². The molecule has 3 aromatic carbocycles. The fourth-order valence-electron chi connectivity index (χ4n) is 2.98. The minimum Gasteiger partial charge on any atom is -0.494 e. The average molecular weight is 449 g/mol. The molecule has 0 heterocycles. The molecule has 0 radical (unpaired) electrons. The highest BCUT2D eigenvalue weighted by atomic mass is 35.5. The molecule has 0 saturated carbocycles. The maximum Gasteiger partial charge on any atom is 0.165 e. The molecule has 0 spiro atoms. The van der Waals surface area contributed by atoms with Crippen molar-refractivity contribution in [2.45, 2.75) is 25.9 Å². The van der Waals surface area contributed by atoms with Crippen LogP contribution in [0.3, 0.4) is 0 Å². The van der Waals surface area contributed by atoms with Crippen LogP contribution in [-0.4, -0.2) is 13.7 Å². The molecule has 3 rings (SSSR count). The molecule has 3 aromatic rings. The molecule has 0 fully saturated rings. The third kappa shape index (κ3) is 5.45. The molecule has 0 aliphatic heterocycles. The van der Waals surface area contributed by atoms with E-state index in [1.807, 2.05) is 44.2 Å². The maximum absolute atomic E-state index is 14.1. The molecule has 0 N–H and O–H groups in total. The van der Waals surface area contributed by atoms with Gasteiger partial charge in [-0.15, -0.1) is 0 Å². The first-order chi connectivity index (χ1) is 14.3. The lowest BCUT2D eigenvalue weighted by atomic mass is 9.85. The van der Waals surface area contributed by atoms with E-state index in [2.05, 4.69) is 0 Å². The highest BCUT2D eigenvalue weighted by molar-refractivity contribution is 6.37. The first-order valence-corrected chi connectivity index (χ1v) is 10.2. The Hall–Kier alpha value is -2.27. The molecule has 0 amide bonds. The van der Waals surface area contributed by atoms with Crippen LogP contribution in [0.4, 0.5) is 4.39 Å². The van der Waals surface area contributed by atoms with Crippen molar-refractivity contribution in [1.82, 2.24) is 0 Å². The fraction of sp³-hybridized carbons (Fsp3) is 0.250. The molecule has 0 bridgehead atoms. The number of hydrogen-bond acceptors (Lipinski definition) is 3. The Labute approximate surface area is 186 Å². The van der Waals surface area contributed by atoms with Gasteiger partial charge in [0.05, 0.1) is 30.4 Å². The van der Waals surface area contributed by atoms with Crippen LogP contribution in [0.15, 0.2) is 60.7 Å². The van der Waals surface area contributed by atoms with Crippen molar-refractivity contribution < 1.29 is 18.6 Å². The Bertz CT molecular complexity index is 984. The van der Waals surface area contributed by atoms with E-state index < -0.39 is 5.82 Å². The summed E-state index contributed by atoms with van der Waals surface area (Å²) >= 11 is 12.5. The molecule has 30 heavy (non-hydrogen) atoms. The van der Waals surface area contributed by atoms with Gasteiger partial charge >= 0.3 is 0 Å². The van der Waals surface area contributed by atoms with E-state index in [0.717, 1.165) is 11.1 Å². The Kier molecular flexibility index (Phi) is 7.24. The van der Waals surface area contributed by atoms with Gasteiger partial charge in [0, 0.05) is 5.41 Å². The van der Waals surface area contributed by atoms with Crippen molar-refractivity contribution in [3.8, 4) is 17.2 Å². The van der Waals surface area contributed by atoms with Crippen molar-refractivity contribution in [1.29, 1.82) is 0 Å². The highest BCUT2D eigenvalue weighted by Gasteiger charge is 2.24. The minimum absolute atomic E-state index is 0.162. The number of hydrogen-bond donors (Lipinski definition) is 0. The summed E-state index contributed by atoms with van der Waals surface area (Å²) in [5.74, 6) is 0.764. The van der Waals surface area contributed by atoms with Crippen molar-refractivity contribution in [3.05, 3.63) is 87.7 Å². The van der Waals surface area contributed by atoms with Gasteiger partial charge in [-0.05, 0) is 47.5 Å². The molecule has 0 atom stereocenters. The molecule has 0 saturated heterocycles. The van der Waals surface area contributed by atoms with Crippen molar-refractivity contribution in [3.63, 3.8) is 0 Å². The van der Waals surface area contributed by atoms with Gasteiger partial charge in [0.2, 0.25) is 0 Å². The lowest BCUT2D eigenvalue weighted by molar-refractivity contribution is 0.0823. The van der Waals surface area contributed by atoms with Crippen molar-refractivity contribution >= 4 is 23.2 Å².